The highest BCUT2D eigenvalue weighted by atomic mass is 32.1. The smallest absolute Gasteiger partial charge is 0.240 e. The number of thiazole rings is 1. The molecule has 3 aliphatic heterocycles. The molecule has 1 aromatic carbocycles. The van der Waals surface area contributed by atoms with Crippen LogP contribution in [0.2, 0.25) is 0 Å². The second-order valence-corrected chi connectivity index (χ2v) is 8.21. The van der Waals surface area contributed by atoms with Crippen molar-refractivity contribution >= 4 is 22.9 Å². The normalized spacial score (nSPS) is 23.7. The van der Waals surface area contributed by atoms with Gasteiger partial charge in [-0.3, -0.25) is 14.6 Å². The molecule has 1 amide bonds. The molecule has 6 heteroatoms. The lowest BCUT2D eigenvalue weighted by molar-refractivity contribution is -0.120. The predicted molar refractivity (Wildman–Crippen MR) is 105 cm³/mol. The van der Waals surface area contributed by atoms with Crippen molar-refractivity contribution in [3.05, 3.63) is 46.9 Å². The van der Waals surface area contributed by atoms with Gasteiger partial charge in [-0.1, -0.05) is 18.2 Å². The number of para-hydroxylation sites is 1. The van der Waals surface area contributed by atoms with Gasteiger partial charge in [0, 0.05) is 50.3 Å². The third kappa shape index (κ3) is 3.98. The highest BCUT2D eigenvalue weighted by molar-refractivity contribution is 7.07. The summed E-state index contributed by atoms with van der Waals surface area (Å²) in [5.41, 5.74) is 4.04. The summed E-state index contributed by atoms with van der Waals surface area (Å²) >= 11 is 1.66. The van der Waals surface area contributed by atoms with Gasteiger partial charge in [-0.05, 0) is 30.9 Å². The SMILES string of the molecule is CN(C(=O)CN1C[C@H]2CC[C@@H]1CN(Cc1cscn1)C2)c1ccccc1. The van der Waals surface area contributed by atoms with Crippen LogP contribution in [0.1, 0.15) is 18.5 Å². The number of piperidine rings is 1. The van der Waals surface area contributed by atoms with E-state index in [1.54, 1.807) is 16.2 Å². The highest BCUT2D eigenvalue weighted by Crippen LogP contribution is 2.29. The van der Waals surface area contributed by atoms with E-state index in [0.717, 1.165) is 31.9 Å². The Kier molecular flexibility index (Phi) is 5.33. The van der Waals surface area contributed by atoms with E-state index in [9.17, 15) is 4.79 Å². The molecule has 0 saturated carbocycles. The Morgan fingerprint density at radius 1 is 1.23 bits per heavy atom. The maximum atomic E-state index is 12.8. The van der Waals surface area contributed by atoms with Crippen LogP contribution in [-0.4, -0.2) is 60.0 Å². The topological polar surface area (TPSA) is 39.7 Å². The van der Waals surface area contributed by atoms with Gasteiger partial charge in [0.1, 0.15) is 0 Å². The Morgan fingerprint density at radius 3 is 2.85 bits per heavy atom. The predicted octanol–water partition coefficient (Wildman–Crippen LogP) is 2.70. The van der Waals surface area contributed by atoms with Crippen LogP contribution in [0.4, 0.5) is 5.69 Å². The standard InChI is InChI=1S/C20H26N4OS/c1-22(18-5-3-2-4-6-18)20(25)13-24-10-16-7-8-19(24)12-23(9-16)11-17-14-26-15-21-17/h2-6,14-16,19H,7-13H2,1H3/t16-,19+/m0/s1. The maximum Gasteiger partial charge on any atom is 0.240 e. The lowest BCUT2D eigenvalue weighted by Crippen LogP contribution is -2.48. The van der Waals surface area contributed by atoms with Gasteiger partial charge in [-0.25, -0.2) is 4.98 Å². The molecule has 2 bridgehead atoms. The van der Waals surface area contributed by atoms with Crippen LogP contribution in [0.5, 0.6) is 0 Å². The van der Waals surface area contributed by atoms with E-state index >= 15 is 0 Å². The Labute approximate surface area is 159 Å². The number of carbonyl (C=O) groups excluding carboxylic acids is 1. The maximum absolute atomic E-state index is 12.8. The molecule has 3 saturated heterocycles. The summed E-state index contributed by atoms with van der Waals surface area (Å²) in [5, 5.41) is 2.14. The molecular weight excluding hydrogens is 344 g/mol. The fourth-order valence-corrected chi connectivity index (χ4v) is 4.77. The fourth-order valence-electron chi connectivity index (χ4n) is 4.22. The third-order valence-electron chi connectivity index (χ3n) is 5.63. The van der Waals surface area contributed by atoms with Crippen molar-refractivity contribution in [3.63, 3.8) is 0 Å². The molecule has 5 rings (SSSR count). The summed E-state index contributed by atoms with van der Waals surface area (Å²) in [5.74, 6) is 0.831. The summed E-state index contributed by atoms with van der Waals surface area (Å²) < 4.78 is 0. The quantitative estimate of drug-likeness (QED) is 0.811. The number of benzene rings is 1. The number of rotatable bonds is 5. The van der Waals surface area contributed by atoms with Gasteiger partial charge in [0.05, 0.1) is 17.7 Å². The van der Waals surface area contributed by atoms with Gasteiger partial charge in [-0.15, -0.1) is 11.3 Å². The van der Waals surface area contributed by atoms with Crippen LogP contribution >= 0.6 is 11.3 Å². The van der Waals surface area contributed by atoms with Gasteiger partial charge >= 0.3 is 0 Å². The van der Waals surface area contributed by atoms with Crippen LogP contribution < -0.4 is 4.90 Å². The molecule has 4 heterocycles. The number of likely N-dealkylation sites (N-methyl/N-ethyl adjacent to an activating group) is 1. The van der Waals surface area contributed by atoms with Crippen LogP contribution in [0.25, 0.3) is 0 Å². The van der Waals surface area contributed by atoms with Crippen molar-refractivity contribution in [1.29, 1.82) is 0 Å². The van der Waals surface area contributed by atoms with Crippen molar-refractivity contribution in [2.45, 2.75) is 25.4 Å². The fraction of sp³-hybridized carbons (Fsp3) is 0.500. The first-order valence-electron chi connectivity index (χ1n) is 9.34. The van der Waals surface area contributed by atoms with Crippen LogP contribution in [0.15, 0.2) is 41.2 Å². The number of amides is 1. The van der Waals surface area contributed by atoms with Gasteiger partial charge < -0.3 is 4.90 Å². The minimum absolute atomic E-state index is 0.176. The summed E-state index contributed by atoms with van der Waals surface area (Å²) in [6.45, 7) is 4.63. The Morgan fingerprint density at radius 2 is 2.08 bits per heavy atom. The molecule has 2 aromatic rings. The number of fused-ring (bicyclic) bond motifs is 4. The molecule has 0 spiro atoms. The van der Waals surface area contributed by atoms with Crippen molar-refractivity contribution in [1.82, 2.24) is 14.8 Å². The average molecular weight is 371 g/mol. The number of hydrogen-bond acceptors (Lipinski definition) is 5. The Hall–Kier alpha value is -1.76. The number of nitrogens with zero attached hydrogens (tertiary/aromatic N) is 4. The number of carbonyl (C=O) groups is 1. The second kappa shape index (κ2) is 7.86. The molecule has 5 nitrogen and oxygen atoms in total. The number of anilines is 1. The molecule has 26 heavy (non-hydrogen) atoms. The molecule has 0 unspecified atom stereocenters. The highest BCUT2D eigenvalue weighted by Gasteiger charge is 2.36. The zero-order valence-corrected chi connectivity index (χ0v) is 16.1. The van der Waals surface area contributed by atoms with E-state index in [2.05, 4.69) is 20.2 Å². The van der Waals surface area contributed by atoms with Crippen molar-refractivity contribution in [3.8, 4) is 0 Å². The van der Waals surface area contributed by atoms with Gasteiger partial charge in [-0.2, -0.15) is 0 Å². The third-order valence-corrected chi connectivity index (χ3v) is 6.26. The van der Waals surface area contributed by atoms with E-state index in [-0.39, 0.29) is 5.91 Å². The minimum atomic E-state index is 0.176. The van der Waals surface area contributed by atoms with Gasteiger partial charge in [0.25, 0.3) is 0 Å². The van der Waals surface area contributed by atoms with E-state index in [1.165, 1.54) is 18.5 Å². The molecule has 0 radical (unpaired) electrons. The summed E-state index contributed by atoms with van der Waals surface area (Å²) in [6, 6.07) is 10.4. The lowest BCUT2D eigenvalue weighted by Gasteiger charge is -2.36. The van der Waals surface area contributed by atoms with E-state index in [1.807, 2.05) is 42.9 Å². The molecule has 0 N–H and O–H groups in total. The molecule has 1 aromatic heterocycles. The number of hydrogen-bond donors (Lipinski definition) is 0. The zero-order chi connectivity index (χ0) is 17.9. The molecular formula is C20H26N4OS. The monoisotopic (exact) mass is 370 g/mol. The van der Waals surface area contributed by atoms with Crippen LogP contribution in [0, 0.1) is 5.92 Å². The first kappa shape index (κ1) is 17.6. The molecule has 3 aliphatic rings. The summed E-state index contributed by atoms with van der Waals surface area (Å²) in [7, 11) is 1.88. The van der Waals surface area contributed by atoms with Crippen LogP contribution in [0.3, 0.4) is 0 Å². The average Bonchev–Trinajstić information content (AvgIpc) is 3.02. The van der Waals surface area contributed by atoms with Crippen molar-refractivity contribution < 1.29 is 4.79 Å². The molecule has 138 valence electrons. The summed E-state index contributed by atoms with van der Waals surface area (Å²) in [6.07, 6.45) is 2.47. The van der Waals surface area contributed by atoms with E-state index in [0.29, 0.717) is 18.5 Å². The lowest BCUT2D eigenvalue weighted by atomic mass is 9.95. The first-order chi connectivity index (χ1) is 12.7. The zero-order valence-electron chi connectivity index (χ0n) is 15.3. The number of aromatic nitrogens is 1. The molecule has 0 aliphatic carbocycles. The van der Waals surface area contributed by atoms with E-state index in [4.69, 9.17) is 0 Å². The van der Waals surface area contributed by atoms with Crippen molar-refractivity contribution in [2.24, 2.45) is 5.92 Å². The van der Waals surface area contributed by atoms with Crippen LogP contribution in [-0.2, 0) is 11.3 Å². The van der Waals surface area contributed by atoms with E-state index < -0.39 is 0 Å². The van der Waals surface area contributed by atoms with Gasteiger partial charge in [0.2, 0.25) is 5.91 Å². The molecule has 3 fully saturated rings. The largest absolute Gasteiger partial charge is 0.314 e. The molecule has 2 atom stereocenters. The second-order valence-electron chi connectivity index (χ2n) is 7.49. The summed E-state index contributed by atoms with van der Waals surface area (Å²) in [4.78, 5) is 24.0. The minimum Gasteiger partial charge on any atom is -0.314 e. The van der Waals surface area contributed by atoms with Crippen molar-refractivity contribution in [2.75, 3.05) is 38.1 Å². The Balaban J connectivity index is 1.39. The first-order valence-corrected chi connectivity index (χ1v) is 10.3. The Bertz CT molecular complexity index is 721. The van der Waals surface area contributed by atoms with Gasteiger partial charge in [0.15, 0.2) is 0 Å².